The van der Waals surface area contributed by atoms with Gasteiger partial charge in [0.15, 0.2) is 0 Å². The fraction of sp³-hybridized carbons (Fsp3) is 0.615. The van der Waals surface area contributed by atoms with Crippen LogP contribution < -0.4 is 5.32 Å². The number of carbonyl (C=O) groups excluding carboxylic acids is 1. The molecule has 2 heterocycles. The molecule has 0 saturated carbocycles. The van der Waals surface area contributed by atoms with Crippen LogP contribution in [0.5, 0.6) is 0 Å². The van der Waals surface area contributed by atoms with Gasteiger partial charge in [-0.05, 0) is 25.7 Å². The highest BCUT2D eigenvalue weighted by Gasteiger charge is 2.34. The lowest BCUT2D eigenvalue weighted by Gasteiger charge is -2.21. The van der Waals surface area contributed by atoms with Gasteiger partial charge >= 0.3 is 12.0 Å². The Hall–Kier alpha value is -2.25. The maximum Gasteiger partial charge on any atom is 0.326 e. The van der Waals surface area contributed by atoms with E-state index in [1.165, 1.54) is 4.90 Å². The summed E-state index contributed by atoms with van der Waals surface area (Å²) in [7, 11) is 0. The molecule has 0 unspecified atom stereocenters. The van der Waals surface area contributed by atoms with Gasteiger partial charge in [0.05, 0.1) is 11.4 Å². The quantitative estimate of drug-likeness (QED) is 0.859. The summed E-state index contributed by atoms with van der Waals surface area (Å²) in [5, 5.41) is 19.5. The molecule has 2 N–H and O–H groups in total. The number of aryl methyl sites for hydroxylation is 2. The number of anilines is 1. The van der Waals surface area contributed by atoms with E-state index in [-0.39, 0.29) is 5.95 Å². The minimum Gasteiger partial charge on any atom is -0.480 e. The first-order valence-corrected chi connectivity index (χ1v) is 7.09. The lowest BCUT2D eigenvalue weighted by molar-refractivity contribution is -0.141. The number of carboxylic acids is 1. The largest absolute Gasteiger partial charge is 0.480 e. The van der Waals surface area contributed by atoms with Crippen molar-refractivity contribution in [3.63, 3.8) is 0 Å². The molecule has 0 spiro atoms. The van der Waals surface area contributed by atoms with Crippen molar-refractivity contribution in [1.29, 1.82) is 0 Å². The predicted molar refractivity (Wildman–Crippen MR) is 75.0 cm³/mol. The summed E-state index contributed by atoms with van der Waals surface area (Å²) in [5.74, 6) is -0.873. The SMILES string of the molecule is CCc1nnc(NC(=O)N2CCC[C@H]2C(=O)O)nc1CC. The topological polar surface area (TPSA) is 108 Å². The minimum absolute atomic E-state index is 0.116. The molecule has 1 fully saturated rings. The number of carboxylic acid groups (broad SMARTS) is 1. The van der Waals surface area contributed by atoms with Gasteiger partial charge in [0.2, 0.25) is 0 Å². The van der Waals surface area contributed by atoms with Crippen LogP contribution in [0.3, 0.4) is 0 Å². The third-order valence-electron chi connectivity index (χ3n) is 3.53. The highest BCUT2D eigenvalue weighted by molar-refractivity contribution is 5.91. The van der Waals surface area contributed by atoms with Gasteiger partial charge in [0, 0.05) is 6.54 Å². The Morgan fingerprint density at radius 1 is 1.29 bits per heavy atom. The summed E-state index contributed by atoms with van der Waals surface area (Å²) in [6.07, 6.45) is 2.57. The molecule has 1 atom stereocenters. The number of nitrogens with one attached hydrogen (secondary N) is 1. The van der Waals surface area contributed by atoms with Gasteiger partial charge in [0.25, 0.3) is 5.95 Å². The molecular weight excluding hydrogens is 274 g/mol. The lowest BCUT2D eigenvalue weighted by Crippen LogP contribution is -2.43. The molecule has 1 aromatic heterocycles. The molecule has 114 valence electrons. The molecular formula is C13H19N5O3. The van der Waals surface area contributed by atoms with E-state index in [0.717, 1.165) is 17.8 Å². The highest BCUT2D eigenvalue weighted by atomic mass is 16.4. The number of carbonyl (C=O) groups is 2. The number of nitrogens with zero attached hydrogens (tertiary/aromatic N) is 4. The summed E-state index contributed by atoms with van der Waals surface area (Å²) in [6, 6.07) is -1.27. The van der Waals surface area contributed by atoms with Crippen LogP contribution in [0.1, 0.15) is 38.1 Å². The van der Waals surface area contributed by atoms with Crippen molar-refractivity contribution < 1.29 is 14.7 Å². The standard InChI is InChI=1S/C13H19N5O3/c1-3-8-9(4-2)16-17-12(14-8)15-13(21)18-7-5-6-10(18)11(19)20/h10H,3-7H2,1-2H3,(H,19,20)(H,14,15,17,21)/t10-/m0/s1. The Kier molecular flexibility index (Phi) is 4.66. The van der Waals surface area contributed by atoms with Gasteiger partial charge in [0.1, 0.15) is 6.04 Å². The molecule has 0 aromatic carbocycles. The van der Waals surface area contributed by atoms with Crippen LogP contribution in [-0.4, -0.2) is 49.8 Å². The second-order valence-corrected chi connectivity index (χ2v) is 4.86. The van der Waals surface area contributed by atoms with Crippen molar-refractivity contribution in [2.24, 2.45) is 0 Å². The molecule has 8 nitrogen and oxygen atoms in total. The van der Waals surface area contributed by atoms with E-state index in [9.17, 15) is 9.59 Å². The number of urea groups is 1. The lowest BCUT2D eigenvalue weighted by atomic mass is 10.2. The third kappa shape index (κ3) is 3.26. The van der Waals surface area contributed by atoms with Crippen molar-refractivity contribution in [2.45, 2.75) is 45.6 Å². The van der Waals surface area contributed by atoms with Crippen LogP contribution in [0.2, 0.25) is 0 Å². The van der Waals surface area contributed by atoms with Crippen LogP contribution >= 0.6 is 0 Å². The Labute approximate surface area is 122 Å². The Bertz CT molecular complexity index is 549. The molecule has 2 rings (SSSR count). The zero-order valence-electron chi connectivity index (χ0n) is 12.2. The second kappa shape index (κ2) is 6.47. The Balaban J connectivity index is 2.11. The second-order valence-electron chi connectivity index (χ2n) is 4.86. The normalized spacial score (nSPS) is 17.8. The number of hydrogen-bond donors (Lipinski definition) is 2. The average molecular weight is 293 g/mol. The van der Waals surface area contributed by atoms with Crippen molar-refractivity contribution in [3.8, 4) is 0 Å². The predicted octanol–water partition coefficient (Wildman–Crippen LogP) is 1.08. The van der Waals surface area contributed by atoms with Gasteiger partial charge in [-0.3, -0.25) is 5.32 Å². The maximum atomic E-state index is 12.1. The van der Waals surface area contributed by atoms with Crippen molar-refractivity contribution in [1.82, 2.24) is 20.1 Å². The number of amides is 2. The van der Waals surface area contributed by atoms with Gasteiger partial charge in [-0.15, -0.1) is 10.2 Å². The van der Waals surface area contributed by atoms with Crippen LogP contribution in [0, 0.1) is 0 Å². The fourth-order valence-corrected chi connectivity index (χ4v) is 2.42. The smallest absolute Gasteiger partial charge is 0.326 e. The van der Waals surface area contributed by atoms with Crippen molar-refractivity contribution in [3.05, 3.63) is 11.4 Å². The first kappa shape index (κ1) is 15.1. The van der Waals surface area contributed by atoms with Crippen molar-refractivity contribution >= 4 is 17.9 Å². The number of likely N-dealkylation sites (tertiary alicyclic amines) is 1. The van der Waals surface area contributed by atoms with E-state index in [0.29, 0.717) is 25.8 Å². The number of rotatable bonds is 4. The zero-order chi connectivity index (χ0) is 15.4. The minimum atomic E-state index is -0.989. The van der Waals surface area contributed by atoms with Gasteiger partial charge in [-0.25, -0.2) is 14.6 Å². The van der Waals surface area contributed by atoms with Gasteiger partial charge in [-0.1, -0.05) is 13.8 Å². The fourth-order valence-electron chi connectivity index (χ4n) is 2.42. The average Bonchev–Trinajstić information content (AvgIpc) is 2.96. The molecule has 0 bridgehead atoms. The van der Waals surface area contributed by atoms with E-state index in [4.69, 9.17) is 5.11 Å². The van der Waals surface area contributed by atoms with Crippen molar-refractivity contribution in [2.75, 3.05) is 11.9 Å². The highest BCUT2D eigenvalue weighted by Crippen LogP contribution is 2.18. The van der Waals surface area contributed by atoms with Crippen LogP contribution in [0.4, 0.5) is 10.7 Å². The zero-order valence-corrected chi connectivity index (χ0v) is 12.2. The van der Waals surface area contributed by atoms with Gasteiger partial charge < -0.3 is 10.0 Å². The number of hydrogen-bond acceptors (Lipinski definition) is 5. The van der Waals surface area contributed by atoms with E-state index < -0.39 is 18.0 Å². The Morgan fingerprint density at radius 2 is 2.00 bits per heavy atom. The molecule has 1 aliphatic heterocycles. The summed E-state index contributed by atoms with van der Waals surface area (Å²) in [5.41, 5.74) is 1.60. The molecule has 1 aromatic rings. The molecule has 21 heavy (non-hydrogen) atoms. The molecule has 0 aliphatic carbocycles. The summed E-state index contributed by atoms with van der Waals surface area (Å²) >= 11 is 0. The summed E-state index contributed by atoms with van der Waals surface area (Å²) in [6.45, 7) is 4.34. The molecule has 2 amide bonds. The molecule has 8 heteroatoms. The van der Waals surface area contributed by atoms with Crippen LogP contribution in [-0.2, 0) is 17.6 Å². The van der Waals surface area contributed by atoms with E-state index in [1.807, 2.05) is 13.8 Å². The van der Waals surface area contributed by atoms with Gasteiger partial charge in [-0.2, -0.15) is 0 Å². The molecule has 1 saturated heterocycles. The van der Waals surface area contributed by atoms with E-state index in [2.05, 4.69) is 20.5 Å². The number of aliphatic carboxylic acids is 1. The third-order valence-corrected chi connectivity index (χ3v) is 3.53. The maximum absolute atomic E-state index is 12.1. The first-order valence-electron chi connectivity index (χ1n) is 7.09. The Morgan fingerprint density at radius 3 is 2.62 bits per heavy atom. The van der Waals surface area contributed by atoms with E-state index in [1.54, 1.807) is 0 Å². The summed E-state index contributed by atoms with van der Waals surface area (Å²) < 4.78 is 0. The van der Waals surface area contributed by atoms with Crippen LogP contribution in [0.25, 0.3) is 0 Å². The first-order chi connectivity index (χ1) is 10.1. The van der Waals surface area contributed by atoms with Crippen LogP contribution in [0.15, 0.2) is 0 Å². The van der Waals surface area contributed by atoms with E-state index >= 15 is 0 Å². The monoisotopic (exact) mass is 293 g/mol. The molecule has 1 aliphatic rings. The number of aromatic nitrogens is 3. The molecule has 0 radical (unpaired) electrons. The summed E-state index contributed by atoms with van der Waals surface area (Å²) in [4.78, 5) is 28.8.